The first-order valence-electron chi connectivity index (χ1n) is 9.23. The fourth-order valence-electron chi connectivity index (χ4n) is 3.78. The van der Waals surface area contributed by atoms with Crippen molar-refractivity contribution in [3.8, 4) is 0 Å². The lowest BCUT2D eigenvalue weighted by atomic mass is 10.1. The largest absolute Gasteiger partial charge is 0.354 e. The smallest absolute Gasteiger partial charge is 0.221 e. The lowest BCUT2D eigenvalue weighted by molar-refractivity contribution is -0.120. The van der Waals surface area contributed by atoms with Crippen LogP contribution in [0.5, 0.6) is 0 Å². The third-order valence-corrected chi connectivity index (χ3v) is 5.13. The molecule has 2 aliphatic rings. The Morgan fingerprint density at radius 2 is 2.00 bits per heavy atom. The molecule has 1 saturated heterocycles. The van der Waals surface area contributed by atoms with Crippen LogP contribution in [0.25, 0.3) is 0 Å². The van der Waals surface area contributed by atoms with E-state index in [0.717, 1.165) is 50.5 Å². The van der Waals surface area contributed by atoms with Crippen LogP contribution < -0.4 is 10.2 Å². The Labute approximate surface area is 153 Å². The number of hydrogen-bond acceptors (Lipinski definition) is 6. The molecule has 26 heavy (non-hydrogen) atoms. The van der Waals surface area contributed by atoms with Gasteiger partial charge in [-0.1, -0.05) is 0 Å². The number of aromatic nitrogens is 4. The highest BCUT2D eigenvalue weighted by molar-refractivity contribution is 5.77. The Morgan fingerprint density at radius 1 is 1.12 bits per heavy atom. The van der Waals surface area contributed by atoms with Gasteiger partial charge in [-0.15, -0.1) is 0 Å². The van der Waals surface area contributed by atoms with Gasteiger partial charge in [0.05, 0.1) is 11.9 Å². The average Bonchev–Trinajstić information content (AvgIpc) is 2.82. The zero-order chi connectivity index (χ0) is 17.9. The number of hydrogen-bond donors (Lipinski definition) is 1. The van der Waals surface area contributed by atoms with Crippen LogP contribution in [0.2, 0.25) is 0 Å². The van der Waals surface area contributed by atoms with Crippen molar-refractivity contribution >= 4 is 11.7 Å². The predicted octanol–water partition coefficient (Wildman–Crippen LogP) is 0.137. The molecule has 1 fully saturated rings. The molecule has 0 bridgehead atoms. The van der Waals surface area contributed by atoms with E-state index in [1.165, 1.54) is 11.1 Å². The van der Waals surface area contributed by atoms with Crippen molar-refractivity contribution in [2.75, 3.05) is 37.6 Å². The Balaban J connectivity index is 1.50. The highest BCUT2D eigenvalue weighted by Crippen LogP contribution is 2.24. The number of amides is 1. The van der Waals surface area contributed by atoms with Crippen molar-refractivity contribution in [3.63, 3.8) is 0 Å². The van der Waals surface area contributed by atoms with Crippen LogP contribution in [-0.2, 0) is 31.2 Å². The molecule has 0 saturated carbocycles. The second-order valence-electron chi connectivity index (χ2n) is 7.01. The van der Waals surface area contributed by atoms with Crippen LogP contribution in [0.15, 0.2) is 18.7 Å². The van der Waals surface area contributed by atoms with Gasteiger partial charge in [-0.05, 0) is 6.42 Å². The first-order chi connectivity index (χ1) is 12.7. The molecule has 0 unspecified atom stereocenters. The Hall–Kier alpha value is -2.48. The summed E-state index contributed by atoms with van der Waals surface area (Å²) in [5, 5.41) is 7.20. The molecule has 0 spiro atoms. The number of carbonyl (C=O) groups is 1. The normalized spacial score (nSPS) is 18.8. The van der Waals surface area contributed by atoms with E-state index in [4.69, 9.17) is 0 Å². The van der Waals surface area contributed by atoms with Crippen molar-refractivity contribution in [3.05, 3.63) is 35.5 Å². The number of fused-ring (bicyclic) bond motifs is 1. The van der Waals surface area contributed by atoms with Gasteiger partial charge in [-0.2, -0.15) is 5.10 Å². The van der Waals surface area contributed by atoms with Gasteiger partial charge in [0.15, 0.2) is 0 Å². The molecule has 0 aliphatic carbocycles. The monoisotopic (exact) mass is 355 g/mol. The van der Waals surface area contributed by atoms with Crippen molar-refractivity contribution in [1.82, 2.24) is 30.0 Å². The molecule has 4 heterocycles. The number of rotatable bonds is 3. The molecular weight excluding hydrogens is 330 g/mol. The Morgan fingerprint density at radius 3 is 2.85 bits per heavy atom. The first kappa shape index (κ1) is 17.0. The summed E-state index contributed by atoms with van der Waals surface area (Å²) < 4.78 is 1.85. The van der Waals surface area contributed by atoms with Crippen LogP contribution in [0.4, 0.5) is 5.82 Å². The molecule has 4 rings (SSSR count). The molecule has 8 heteroatoms. The molecule has 2 aromatic heterocycles. The number of nitrogens with zero attached hydrogens (tertiary/aromatic N) is 6. The van der Waals surface area contributed by atoms with E-state index in [9.17, 15) is 4.79 Å². The summed E-state index contributed by atoms with van der Waals surface area (Å²) in [5.41, 5.74) is 3.63. The van der Waals surface area contributed by atoms with Crippen molar-refractivity contribution in [2.24, 2.45) is 7.05 Å². The summed E-state index contributed by atoms with van der Waals surface area (Å²) in [5.74, 6) is 1.13. The van der Waals surface area contributed by atoms with Crippen molar-refractivity contribution in [2.45, 2.75) is 25.8 Å². The summed E-state index contributed by atoms with van der Waals surface area (Å²) in [6.45, 7) is 5.06. The molecule has 1 N–H and O–H groups in total. The number of anilines is 1. The first-order valence-corrected chi connectivity index (χ1v) is 9.23. The van der Waals surface area contributed by atoms with Crippen LogP contribution >= 0.6 is 0 Å². The van der Waals surface area contributed by atoms with E-state index in [2.05, 4.69) is 36.4 Å². The lowest BCUT2D eigenvalue weighted by Gasteiger charge is -2.24. The summed E-state index contributed by atoms with van der Waals surface area (Å²) in [6, 6.07) is 0. The summed E-state index contributed by atoms with van der Waals surface area (Å²) in [4.78, 5) is 25.5. The predicted molar refractivity (Wildman–Crippen MR) is 97.8 cm³/mol. The van der Waals surface area contributed by atoms with Gasteiger partial charge in [-0.25, -0.2) is 9.97 Å². The minimum Gasteiger partial charge on any atom is -0.354 e. The molecule has 0 radical (unpaired) electrons. The lowest BCUT2D eigenvalue weighted by Crippen LogP contribution is -2.30. The highest BCUT2D eigenvalue weighted by atomic mass is 16.1. The molecule has 8 nitrogen and oxygen atoms in total. The van der Waals surface area contributed by atoms with E-state index in [1.807, 2.05) is 17.9 Å². The van der Waals surface area contributed by atoms with Gasteiger partial charge in [-0.3, -0.25) is 14.4 Å². The minimum atomic E-state index is 0.121. The summed E-state index contributed by atoms with van der Waals surface area (Å²) >= 11 is 0. The van der Waals surface area contributed by atoms with Crippen molar-refractivity contribution < 1.29 is 4.79 Å². The fraction of sp³-hybridized carbons (Fsp3) is 0.556. The van der Waals surface area contributed by atoms with Gasteiger partial charge in [0.2, 0.25) is 5.91 Å². The minimum absolute atomic E-state index is 0.121. The molecule has 2 aromatic rings. The topological polar surface area (TPSA) is 79.2 Å². The Kier molecular flexibility index (Phi) is 4.83. The third kappa shape index (κ3) is 3.70. The van der Waals surface area contributed by atoms with Crippen LogP contribution in [0, 0.1) is 0 Å². The van der Waals surface area contributed by atoms with E-state index >= 15 is 0 Å². The van der Waals surface area contributed by atoms with Gasteiger partial charge in [0, 0.05) is 76.5 Å². The van der Waals surface area contributed by atoms with Crippen LogP contribution in [0.1, 0.15) is 23.2 Å². The summed E-state index contributed by atoms with van der Waals surface area (Å²) in [7, 11) is 1.95. The SMILES string of the molecule is Cn1cc(CN2CCc3ncnc(N4CCNC(=O)CC4)c3CC2)cn1. The quantitative estimate of drug-likeness (QED) is 0.844. The van der Waals surface area contributed by atoms with Gasteiger partial charge >= 0.3 is 0 Å². The van der Waals surface area contributed by atoms with Gasteiger partial charge < -0.3 is 10.2 Å². The molecular formula is C18H25N7O. The fourth-order valence-corrected chi connectivity index (χ4v) is 3.78. The van der Waals surface area contributed by atoms with E-state index in [0.29, 0.717) is 19.5 Å². The standard InChI is InChI=1S/C18H25N7O/c1-23-11-14(10-22-23)12-24-6-2-15-16(3-7-24)20-13-21-18(15)25-8-4-17(26)19-5-9-25/h10-11,13H,2-9,12H2,1H3,(H,19,26). The maximum atomic E-state index is 11.6. The molecule has 2 aliphatic heterocycles. The third-order valence-electron chi connectivity index (χ3n) is 5.13. The number of nitrogens with one attached hydrogen (secondary N) is 1. The van der Waals surface area contributed by atoms with E-state index in [1.54, 1.807) is 6.33 Å². The molecule has 0 atom stereocenters. The van der Waals surface area contributed by atoms with Gasteiger partial charge in [0.25, 0.3) is 0 Å². The summed E-state index contributed by atoms with van der Waals surface area (Å²) in [6.07, 6.45) is 8.06. The highest BCUT2D eigenvalue weighted by Gasteiger charge is 2.23. The molecule has 138 valence electrons. The number of aryl methyl sites for hydroxylation is 1. The molecule has 0 aromatic carbocycles. The second kappa shape index (κ2) is 7.41. The molecule has 1 amide bonds. The van der Waals surface area contributed by atoms with Crippen LogP contribution in [0.3, 0.4) is 0 Å². The maximum absolute atomic E-state index is 11.6. The van der Waals surface area contributed by atoms with E-state index in [-0.39, 0.29) is 5.91 Å². The maximum Gasteiger partial charge on any atom is 0.221 e. The van der Waals surface area contributed by atoms with Crippen LogP contribution in [-0.4, -0.2) is 63.3 Å². The zero-order valence-corrected chi connectivity index (χ0v) is 15.2. The second-order valence-corrected chi connectivity index (χ2v) is 7.01. The van der Waals surface area contributed by atoms with Crippen molar-refractivity contribution in [1.29, 1.82) is 0 Å². The zero-order valence-electron chi connectivity index (χ0n) is 15.2. The van der Waals surface area contributed by atoms with E-state index < -0.39 is 0 Å². The van der Waals surface area contributed by atoms with Gasteiger partial charge in [0.1, 0.15) is 12.1 Å². The number of carbonyl (C=O) groups excluding carboxylic acids is 1. The Bertz CT molecular complexity index is 788. The average molecular weight is 355 g/mol.